The highest BCUT2D eigenvalue weighted by Gasteiger charge is 2.49. The molecule has 2 amide bonds. The van der Waals surface area contributed by atoms with Gasteiger partial charge in [0, 0.05) is 31.7 Å². The SMILES string of the molecule is NC(=O)C1=CN([C@@H]2O[C@@H](COP(=O)(O)OP(=O)(O)OC[C@@H]3O[C@@H](n4cnc5c(N)ncnc54)[C@H](O)[C@H]3O)[C@H](O)[C@H]2O)C=C[C@H]1n1cc2c(=S)n([C@@H](C(=O)N3CCCCCC3)c3ccccc3)cnc2n1. The minimum Gasteiger partial charge on any atom is -0.387 e. The van der Waals surface area contributed by atoms with Crippen LogP contribution in [0.3, 0.4) is 0 Å². The summed E-state index contributed by atoms with van der Waals surface area (Å²) in [4.78, 5) is 67.4. The van der Waals surface area contributed by atoms with E-state index in [0.29, 0.717) is 18.5 Å². The number of imidazole rings is 1. The summed E-state index contributed by atoms with van der Waals surface area (Å²) in [6.45, 7) is -0.668. The molecule has 12 atom stereocenters. The predicted molar refractivity (Wildman–Crippen MR) is 242 cm³/mol. The van der Waals surface area contributed by atoms with E-state index in [-0.39, 0.29) is 38.7 Å². The Hall–Kier alpha value is -5.42. The number of nitrogen functional groups attached to an aromatic ring is 1. The van der Waals surface area contributed by atoms with Gasteiger partial charge in [-0.15, -0.1) is 0 Å². The van der Waals surface area contributed by atoms with Gasteiger partial charge < -0.3 is 65.5 Å². The lowest BCUT2D eigenvalue weighted by molar-refractivity contribution is -0.133. The van der Waals surface area contributed by atoms with Crippen molar-refractivity contribution in [2.45, 2.75) is 86.8 Å². The van der Waals surface area contributed by atoms with Gasteiger partial charge in [0.15, 0.2) is 29.6 Å². The minimum atomic E-state index is -5.50. The van der Waals surface area contributed by atoms with E-state index in [2.05, 4.69) is 29.3 Å². The van der Waals surface area contributed by atoms with Crippen LogP contribution in [0.15, 0.2) is 79.6 Å². The second-order valence-electron chi connectivity index (χ2n) is 16.8. The maximum absolute atomic E-state index is 14.2. The van der Waals surface area contributed by atoms with Crippen LogP contribution in [0, 0.1) is 4.64 Å². The second kappa shape index (κ2) is 20.0. The van der Waals surface area contributed by atoms with Crippen LogP contribution in [-0.2, 0) is 41.6 Å². The highest BCUT2D eigenvalue weighted by Crippen LogP contribution is 2.61. The van der Waals surface area contributed by atoms with Crippen LogP contribution in [0.4, 0.5) is 5.82 Å². The summed E-state index contributed by atoms with van der Waals surface area (Å²) in [6, 6.07) is 7.51. The van der Waals surface area contributed by atoms with E-state index in [0.717, 1.165) is 37.6 Å². The summed E-state index contributed by atoms with van der Waals surface area (Å²) in [6.07, 6.45) is 0.844. The normalized spacial score (nSPS) is 28.4. The lowest BCUT2D eigenvalue weighted by atomic mass is 10.0. The first-order valence-corrected chi connectivity index (χ1v) is 25.2. The molecule has 70 heavy (non-hydrogen) atoms. The first kappa shape index (κ1) is 49.6. The average Bonchev–Trinajstić information content (AvgIpc) is 4.04. The highest BCUT2D eigenvalue weighted by molar-refractivity contribution is 7.71. The fraction of sp³-hybridized carbons (Fsp3) is 0.450. The molecular formula is C40H48N12O15P2S. The number of phosphoric ester groups is 2. The number of rotatable bonds is 15. The lowest BCUT2D eigenvalue weighted by Gasteiger charge is -2.31. The number of aliphatic hydroxyl groups excluding tert-OH is 4. The van der Waals surface area contributed by atoms with Crippen molar-refractivity contribution in [3.8, 4) is 0 Å². The van der Waals surface area contributed by atoms with Crippen molar-refractivity contribution in [2.24, 2.45) is 5.73 Å². The first-order valence-electron chi connectivity index (χ1n) is 21.8. The summed E-state index contributed by atoms with van der Waals surface area (Å²) >= 11 is 5.96. The van der Waals surface area contributed by atoms with Crippen molar-refractivity contribution in [1.29, 1.82) is 0 Å². The number of nitrogens with two attached hydrogens (primary N) is 2. The summed E-state index contributed by atoms with van der Waals surface area (Å²) in [5.41, 5.74) is 12.9. The van der Waals surface area contributed by atoms with E-state index in [1.54, 1.807) is 10.8 Å². The molecular weight excluding hydrogens is 983 g/mol. The average molecular weight is 1030 g/mol. The number of primary amides is 1. The number of aliphatic hydroxyl groups is 4. The van der Waals surface area contributed by atoms with Gasteiger partial charge in [0.2, 0.25) is 11.8 Å². The molecule has 9 rings (SSSR count). The number of hydrogen-bond donors (Lipinski definition) is 8. The van der Waals surface area contributed by atoms with Gasteiger partial charge >= 0.3 is 15.6 Å². The minimum absolute atomic E-state index is 0.0350. The molecule has 0 aliphatic carbocycles. The molecule has 30 heteroatoms. The zero-order valence-corrected chi connectivity index (χ0v) is 39.3. The van der Waals surface area contributed by atoms with E-state index in [1.807, 2.05) is 35.2 Å². The first-order chi connectivity index (χ1) is 33.4. The Labute approximate surface area is 401 Å². The second-order valence-corrected chi connectivity index (χ2v) is 20.3. The molecule has 3 fully saturated rings. The number of amides is 2. The Morgan fingerprint density at radius 1 is 0.857 bits per heavy atom. The predicted octanol–water partition coefficient (Wildman–Crippen LogP) is 0.432. The van der Waals surface area contributed by atoms with Crippen molar-refractivity contribution in [1.82, 2.24) is 48.7 Å². The number of benzene rings is 1. The maximum atomic E-state index is 14.2. The van der Waals surface area contributed by atoms with Gasteiger partial charge in [0.05, 0.1) is 36.8 Å². The largest absolute Gasteiger partial charge is 0.481 e. The van der Waals surface area contributed by atoms with Crippen molar-refractivity contribution in [3.63, 3.8) is 0 Å². The number of allylic oxidation sites excluding steroid dienone is 1. The molecule has 0 bridgehead atoms. The van der Waals surface area contributed by atoms with E-state index < -0.39 is 95.9 Å². The molecule has 5 aromatic rings. The molecule has 27 nitrogen and oxygen atoms in total. The summed E-state index contributed by atoms with van der Waals surface area (Å²) < 4.78 is 55.7. The van der Waals surface area contributed by atoms with Gasteiger partial charge in [-0.3, -0.25) is 27.9 Å². The molecule has 3 saturated heterocycles. The van der Waals surface area contributed by atoms with E-state index in [1.165, 1.54) is 45.3 Å². The Bertz CT molecular complexity index is 2990. The molecule has 8 heterocycles. The van der Waals surface area contributed by atoms with Crippen LogP contribution in [0.1, 0.15) is 49.6 Å². The Morgan fingerprint density at radius 2 is 1.50 bits per heavy atom. The van der Waals surface area contributed by atoms with Crippen molar-refractivity contribution in [2.75, 3.05) is 32.0 Å². The van der Waals surface area contributed by atoms with Crippen LogP contribution < -0.4 is 11.5 Å². The van der Waals surface area contributed by atoms with Crippen LogP contribution in [-0.4, -0.2) is 160 Å². The number of anilines is 1. The van der Waals surface area contributed by atoms with Gasteiger partial charge in [0.1, 0.15) is 65.2 Å². The van der Waals surface area contributed by atoms with Gasteiger partial charge in [-0.1, -0.05) is 55.4 Å². The van der Waals surface area contributed by atoms with E-state index in [9.17, 15) is 48.9 Å². The molecule has 0 saturated carbocycles. The van der Waals surface area contributed by atoms with Gasteiger partial charge in [-0.05, 0) is 24.5 Å². The monoisotopic (exact) mass is 1030 g/mol. The lowest BCUT2D eigenvalue weighted by Crippen LogP contribution is -2.41. The molecule has 10 N–H and O–H groups in total. The van der Waals surface area contributed by atoms with Crippen LogP contribution >= 0.6 is 27.9 Å². The smallest absolute Gasteiger partial charge is 0.387 e. The van der Waals surface area contributed by atoms with Gasteiger partial charge in [-0.2, -0.15) is 9.41 Å². The quantitative estimate of drug-likeness (QED) is 0.0521. The molecule has 4 aromatic heterocycles. The van der Waals surface area contributed by atoms with Crippen LogP contribution in [0.5, 0.6) is 0 Å². The van der Waals surface area contributed by atoms with Crippen molar-refractivity contribution in [3.05, 3.63) is 89.8 Å². The van der Waals surface area contributed by atoms with Crippen LogP contribution in [0.25, 0.3) is 22.2 Å². The molecule has 1 aromatic carbocycles. The number of nitrogens with zero attached hydrogens (tertiary/aromatic N) is 10. The van der Waals surface area contributed by atoms with E-state index in [4.69, 9.17) is 42.2 Å². The fourth-order valence-electron chi connectivity index (χ4n) is 8.73. The molecule has 2 unspecified atom stereocenters. The third kappa shape index (κ3) is 9.93. The molecule has 0 radical (unpaired) electrons. The number of carbonyl (C=O) groups excluding carboxylic acids is 2. The number of ether oxygens (including phenoxy) is 2. The van der Waals surface area contributed by atoms with Gasteiger partial charge in [-0.25, -0.2) is 29.1 Å². The number of phosphoric acid groups is 2. The summed E-state index contributed by atoms with van der Waals surface area (Å²) in [5, 5.41) is 48.2. The van der Waals surface area contributed by atoms with Gasteiger partial charge in [0.25, 0.3) is 0 Å². The molecule has 0 spiro atoms. The number of likely N-dealkylation sites (tertiary alicyclic amines) is 1. The molecule has 374 valence electrons. The highest BCUT2D eigenvalue weighted by atomic mass is 32.1. The van der Waals surface area contributed by atoms with E-state index >= 15 is 0 Å². The summed E-state index contributed by atoms with van der Waals surface area (Å²) in [5.74, 6) is -0.975. The standard InChI is InChI=1S/C40H48N12O15P2S/c41-33-27-36(44-18-43-33)51(19-45-27)39-32(56)30(54)26(66-39)17-64-69(61,62)67-68(59,60)63-16-25-29(53)31(55)38(65-25)49-13-10-24(22(14-49)34(42)57)52-15-23-35(47-52)46-20-50(40(23)70)28(21-8-4-3-5-9-21)37(58)48-11-6-1-2-7-12-48/h3-5,8-10,13-15,18-20,24-26,28-32,38-39,53-56H,1-2,6-7,11-12,16-17H2,(H2,42,57)(H,59,60)(H,61,62)(H2,41,43,44)/t24-,25+,26+,28-,29+,30+,31-,32-,38-,39-/m1/s1. The number of aromatic nitrogens is 8. The number of hydrogen-bond acceptors (Lipinski definition) is 21. The molecule has 4 aliphatic rings. The number of fused-ring (bicyclic) bond motifs is 2. The Morgan fingerprint density at radius 3 is 2.16 bits per heavy atom. The van der Waals surface area contributed by atoms with Crippen molar-refractivity contribution >= 4 is 67.7 Å². The summed E-state index contributed by atoms with van der Waals surface area (Å²) in [7, 11) is -11.0. The Kier molecular flexibility index (Phi) is 14.2. The number of carbonyl (C=O) groups is 2. The maximum Gasteiger partial charge on any atom is 0.481 e. The van der Waals surface area contributed by atoms with Crippen molar-refractivity contribution < 1.29 is 71.8 Å². The zero-order chi connectivity index (χ0) is 49.6. The Balaban J connectivity index is 0.838. The van der Waals surface area contributed by atoms with Crippen LogP contribution in [0.2, 0.25) is 0 Å². The third-order valence-electron chi connectivity index (χ3n) is 12.3. The molecule has 4 aliphatic heterocycles. The fourth-order valence-corrected chi connectivity index (χ4v) is 11.1. The third-order valence-corrected chi connectivity index (χ3v) is 15.3. The zero-order valence-electron chi connectivity index (χ0n) is 36.6. The topological polar surface area (TPSA) is 374 Å².